The summed E-state index contributed by atoms with van der Waals surface area (Å²) in [6.45, 7) is 4.07. The van der Waals surface area contributed by atoms with Gasteiger partial charge in [0.25, 0.3) is 0 Å². The van der Waals surface area contributed by atoms with Crippen LogP contribution in [0.5, 0.6) is 0 Å². The van der Waals surface area contributed by atoms with E-state index in [0.717, 1.165) is 10.7 Å². The molecule has 17 heavy (non-hydrogen) atoms. The molecule has 2 rings (SSSR count). The van der Waals surface area contributed by atoms with E-state index in [1.54, 1.807) is 11.3 Å². The van der Waals surface area contributed by atoms with E-state index in [1.165, 1.54) is 11.1 Å². The second kappa shape index (κ2) is 5.43. The van der Waals surface area contributed by atoms with Crippen molar-refractivity contribution in [2.45, 2.75) is 32.8 Å². The molecule has 0 aliphatic rings. The van der Waals surface area contributed by atoms with Gasteiger partial charge in [0.15, 0.2) is 0 Å². The van der Waals surface area contributed by atoms with Crippen molar-refractivity contribution >= 4 is 11.3 Å². The lowest BCUT2D eigenvalue weighted by molar-refractivity contribution is 0.174. The SMILES string of the molecule is Cc1nc(CC(O)Cc2ccccc2C)cs1. The Hall–Kier alpha value is -1.19. The molecule has 1 N–H and O–H groups in total. The molecule has 0 radical (unpaired) electrons. The molecule has 0 saturated carbocycles. The predicted octanol–water partition coefficient (Wildman–Crippen LogP) is 2.91. The van der Waals surface area contributed by atoms with Gasteiger partial charge in [-0.2, -0.15) is 0 Å². The fourth-order valence-corrected chi connectivity index (χ4v) is 2.53. The third-order valence-corrected chi connectivity index (χ3v) is 3.65. The van der Waals surface area contributed by atoms with Crippen molar-refractivity contribution in [2.75, 3.05) is 0 Å². The number of aliphatic hydroxyl groups excluding tert-OH is 1. The van der Waals surface area contributed by atoms with Gasteiger partial charge >= 0.3 is 0 Å². The summed E-state index contributed by atoms with van der Waals surface area (Å²) >= 11 is 1.63. The van der Waals surface area contributed by atoms with Gasteiger partial charge in [-0.25, -0.2) is 4.98 Å². The standard InChI is InChI=1S/C14H17NOS/c1-10-5-3-4-6-12(10)7-14(16)8-13-9-17-11(2)15-13/h3-6,9,14,16H,7-8H2,1-2H3. The van der Waals surface area contributed by atoms with E-state index in [1.807, 2.05) is 24.4 Å². The smallest absolute Gasteiger partial charge is 0.0897 e. The van der Waals surface area contributed by atoms with E-state index >= 15 is 0 Å². The Labute approximate surface area is 106 Å². The number of aliphatic hydroxyl groups is 1. The second-order valence-corrected chi connectivity index (χ2v) is 5.41. The Kier molecular flexibility index (Phi) is 3.92. The number of nitrogens with zero attached hydrogens (tertiary/aromatic N) is 1. The van der Waals surface area contributed by atoms with Crippen LogP contribution < -0.4 is 0 Å². The highest BCUT2D eigenvalue weighted by Crippen LogP contribution is 2.14. The fraction of sp³-hybridized carbons (Fsp3) is 0.357. The van der Waals surface area contributed by atoms with E-state index in [0.29, 0.717) is 12.8 Å². The van der Waals surface area contributed by atoms with Crippen LogP contribution in [0, 0.1) is 13.8 Å². The molecule has 0 spiro atoms. The van der Waals surface area contributed by atoms with Gasteiger partial charge in [-0.3, -0.25) is 0 Å². The van der Waals surface area contributed by atoms with Crippen molar-refractivity contribution in [3.05, 3.63) is 51.5 Å². The molecule has 1 aromatic carbocycles. The van der Waals surface area contributed by atoms with Crippen molar-refractivity contribution in [3.63, 3.8) is 0 Å². The average Bonchev–Trinajstić information content (AvgIpc) is 2.67. The quantitative estimate of drug-likeness (QED) is 0.901. The zero-order valence-electron chi connectivity index (χ0n) is 10.2. The minimum absolute atomic E-state index is 0.349. The zero-order chi connectivity index (χ0) is 12.3. The first-order valence-corrected chi connectivity index (χ1v) is 6.66. The molecule has 0 aliphatic carbocycles. The highest BCUT2D eigenvalue weighted by atomic mass is 32.1. The first kappa shape index (κ1) is 12.3. The van der Waals surface area contributed by atoms with E-state index < -0.39 is 0 Å². The number of benzene rings is 1. The molecule has 0 fully saturated rings. The first-order valence-electron chi connectivity index (χ1n) is 5.78. The van der Waals surface area contributed by atoms with Crippen LogP contribution in [-0.2, 0) is 12.8 Å². The summed E-state index contributed by atoms with van der Waals surface area (Å²) in [7, 11) is 0. The number of hydrogen-bond donors (Lipinski definition) is 1. The molecule has 0 aliphatic heterocycles. The van der Waals surface area contributed by atoms with E-state index in [-0.39, 0.29) is 6.10 Å². The molecule has 1 aromatic heterocycles. The van der Waals surface area contributed by atoms with Crippen molar-refractivity contribution in [3.8, 4) is 0 Å². The van der Waals surface area contributed by atoms with Crippen molar-refractivity contribution in [1.82, 2.24) is 4.98 Å². The molecular formula is C14H17NOS. The molecular weight excluding hydrogens is 230 g/mol. The Morgan fingerprint density at radius 1 is 1.24 bits per heavy atom. The van der Waals surface area contributed by atoms with Crippen LogP contribution in [-0.4, -0.2) is 16.2 Å². The molecule has 2 nitrogen and oxygen atoms in total. The summed E-state index contributed by atoms with van der Waals surface area (Å²) in [6.07, 6.45) is 0.986. The Morgan fingerprint density at radius 3 is 2.65 bits per heavy atom. The van der Waals surface area contributed by atoms with Crippen LogP contribution in [0.2, 0.25) is 0 Å². The summed E-state index contributed by atoms with van der Waals surface area (Å²) in [5.41, 5.74) is 3.45. The third kappa shape index (κ3) is 3.38. The second-order valence-electron chi connectivity index (χ2n) is 4.35. The van der Waals surface area contributed by atoms with Crippen molar-refractivity contribution < 1.29 is 5.11 Å². The molecule has 1 unspecified atom stereocenters. The molecule has 0 bridgehead atoms. The van der Waals surface area contributed by atoms with Gasteiger partial charge in [-0.15, -0.1) is 11.3 Å². The van der Waals surface area contributed by atoms with Gasteiger partial charge in [0.05, 0.1) is 16.8 Å². The Bertz CT molecular complexity index is 492. The fourth-order valence-electron chi connectivity index (χ4n) is 1.91. The lowest BCUT2D eigenvalue weighted by atomic mass is 10.0. The molecule has 3 heteroatoms. The molecule has 0 amide bonds. The predicted molar refractivity (Wildman–Crippen MR) is 71.4 cm³/mol. The average molecular weight is 247 g/mol. The summed E-state index contributed by atoms with van der Waals surface area (Å²) in [5, 5.41) is 13.1. The first-order chi connectivity index (χ1) is 8.15. The highest BCUT2D eigenvalue weighted by Gasteiger charge is 2.10. The topological polar surface area (TPSA) is 33.1 Å². The third-order valence-electron chi connectivity index (χ3n) is 2.83. The lowest BCUT2D eigenvalue weighted by Gasteiger charge is -2.11. The van der Waals surface area contributed by atoms with E-state index in [2.05, 4.69) is 24.0 Å². The van der Waals surface area contributed by atoms with Gasteiger partial charge in [0.1, 0.15) is 0 Å². The number of rotatable bonds is 4. The maximum Gasteiger partial charge on any atom is 0.0897 e. The van der Waals surface area contributed by atoms with Gasteiger partial charge < -0.3 is 5.11 Å². The van der Waals surface area contributed by atoms with E-state index in [4.69, 9.17) is 0 Å². The maximum atomic E-state index is 10.1. The van der Waals surface area contributed by atoms with Gasteiger partial charge in [0.2, 0.25) is 0 Å². The maximum absolute atomic E-state index is 10.1. The molecule has 0 saturated heterocycles. The van der Waals surface area contributed by atoms with Crippen LogP contribution in [0.1, 0.15) is 21.8 Å². The minimum Gasteiger partial charge on any atom is -0.392 e. The van der Waals surface area contributed by atoms with Gasteiger partial charge in [-0.1, -0.05) is 24.3 Å². The van der Waals surface area contributed by atoms with Crippen LogP contribution in [0.15, 0.2) is 29.6 Å². The lowest BCUT2D eigenvalue weighted by Crippen LogP contribution is -2.14. The monoisotopic (exact) mass is 247 g/mol. The minimum atomic E-state index is -0.349. The van der Waals surface area contributed by atoms with Crippen molar-refractivity contribution in [2.24, 2.45) is 0 Å². The molecule has 1 heterocycles. The molecule has 90 valence electrons. The van der Waals surface area contributed by atoms with Crippen molar-refractivity contribution in [1.29, 1.82) is 0 Å². The van der Waals surface area contributed by atoms with Gasteiger partial charge in [0, 0.05) is 11.8 Å². The number of aryl methyl sites for hydroxylation is 2. The molecule has 1 atom stereocenters. The van der Waals surface area contributed by atoms with Crippen LogP contribution >= 0.6 is 11.3 Å². The largest absolute Gasteiger partial charge is 0.392 e. The van der Waals surface area contributed by atoms with Crippen LogP contribution in [0.3, 0.4) is 0 Å². The summed E-state index contributed by atoms with van der Waals surface area (Å²) < 4.78 is 0. The Balaban J connectivity index is 1.98. The Morgan fingerprint density at radius 2 is 2.00 bits per heavy atom. The van der Waals surface area contributed by atoms with Crippen LogP contribution in [0.25, 0.3) is 0 Å². The molecule has 2 aromatic rings. The van der Waals surface area contributed by atoms with Gasteiger partial charge in [-0.05, 0) is 31.4 Å². The highest BCUT2D eigenvalue weighted by molar-refractivity contribution is 7.09. The zero-order valence-corrected chi connectivity index (χ0v) is 11.0. The van der Waals surface area contributed by atoms with Crippen LogP contribution in [0.4, 0.5) is 0 Å². The normalized spacial score (nSPS) is 12.6. The summed E-state index contributed by atoms with van der Waals surface area (Å²) in [6, 6.07) is 8.19. The summed E-state index contributed by atoms with van der Waals surface area (Å²) in [4.78, 5) is 4.37. The number of aromatic nitrogens is 1. The number of hydrogen-bond acceptors (Lipinski definition) is 3. The summed E-state index contributed by atoms with van der Waals surface area (Å²) in [5.74, 6) is 0. The number of thiazole rings is 1. The van der Waals surface area contributed by atoms with E-state index in [9.17, 15) is 5.11 Å².